The van der Waals surface area contributed by atoms with Crippen molar-refractivity contribution in [2.75, 3.05) is 24.5 Å². The molecule has 0 aliphatic carbocycles. The molecule has 2 rings (SSSR count). The molecule has 7 heteroatoms. The van der Waals surface area contributed by atoms with Crippen LogP contribution in [0.15, 0.2) is 12.1 Å². The van der Waals surface area contributed by atoms with Gasteiger partial charge in [0, 0.05) is 25.7 Å². The Hall–Kier alpha value is -2.20. The molecule has 1 N–H and O–H groups in total. The lowest BCUT2D eigenvalue weighted by atomic mass is 10.1. The average Bonchev–Trinajstić information content (AvgIpc) is 2.32. The summed E-state index contributed by atoms with van der Waals surface area (Å²) in [5.41, 5.74) is -0.382. The van der Waals surface area contributed by atoms with E-state index in [0.717, 1.165) is 19.6 Å². The smallest absolute Gasteiger partial charge is 0.305 e. The minimum Gasteiger partial charge on any atom is -0.351 e. The largest absolute Gasteiger partial charge is 0.351 e. The van der Waals surface area contributed by atoms with Crippen molar-refractivity contribution in [3.63, 3.8) is 0 Å². The van der Waals surface area contributed by atoms with Gasteiger partial charge < -0.3 is 10.2 Å². The zero-order valence-corrected chi connectivity index (χ0v) is 9.96. The Morgan fingerprint density at radius 2 is 2.39 bits per heavy atom. The van der Waals surface area contributed by atoms with E-state index in [4.69, 9.17) is 5.26 Å². The van der Waals surface area contributed by atoms with E-state index in [0.29, 0.717) is 11.9 Å². The van der Waals surface area contributed by atoms with Crippen molar-refractivity contribution in [3.8, 4) is 6.07 Å². The number of hydrogen-bond acceptors (Lipinski definition) is 6. The number of pyridine rings is 1. The zero-order chi connectivity index (χ0) is 13.1. The number of aromatic nitrogens is 1. The summed E-state index contributed by atoms with van der Waals surface area (Å²) in [5, 5.41) is 22.8. The highest BCUT2D eigenvalue weighted by Crippen LogP contribution is 2.22. The lowest BCUT2D eigenvalue weighted by Gasteiger charge is -2.38. The number of rotatable bonds is 4. The Morgan fingerprint density at radius 3 is 2.83 bits per heavy atom. The average molecular weight is 247 g/mol. The van der Waals surface area contributed by atoms with Gasteiger partial charge in [-0.1, -0.05) is 0 Å². The molecule has 0 unspecified atom stereocenters. The summed E-state index contributed by atoms with van der Waals surface area (Å²) in [6.07, 6.45) is 0. The Morgan fingerprint density at radius 1 is 1.67 bits per heavy atom. The molecule has 1 aliphatic rings. The van der Waals surface area contributed by atoms with Gasteiger partial charge in [-0.3, -0.25) is 10.1 Å². The fourth-order valence-corrected chi connectivity index (χ4v) is 1.93. The van der Waals surface area contributed by atoms with Crippen LogP contribution in [0.25, 0.3) is 0 Å². The van der Waals surface area contributed by atoms with E-state index < -0.39 is 4.92 Å². The first-order valence-electron chi connectivity index (χ1n) is 5.70. The van der Waals surface area contributed by atoms with E-state index >= 15 is 0 Å². The molecule has 0 aromatic carbocycles. The molecule has 0 amide bonds. The normalized spacial score (nSPS) is 14.7. The van der Waals surface area contributed by atoms with Crippen molar-refractivity contribution in [1.29, 1.82) is 5.26 Å². The number of nitriles is 1. The summed E-state index contributed by atoms with van der Waals surface area (Å²) in [7, 11) is 0. The number of likely N-dealkylation sites (N-methyl/N-ethyl adjacent to an activating group) is 1. The Labute approximate surface area is 104 Å². The molecule has 1 fully saturated rings. The summed E-state index contributed by atoms with van der Waals surface area (Å²) in [5.74, 6) is 0.617. The molecular formula is C11H13N5O2. The number of hydrogen-bond donors (Lipinski definition) is 1. The predicted octanol–water partition coefficient (Wildman–Crippen LogP) is 0.660. The van der Waals surface area contributed by atoms with Gasteiger partial charge in [-0.2, -0.15) is 5.26 Å². The molecule has 0 saturated carbocycles. The van der Waals surface area contributed by atoms with E-state index in [1.807, 2.05) is 11.8 Å². The van der Waals surface area contributed by atoms with Gasteiger partial charge in [0.15, 0.2) is 0 Å². The van der Waals surface area contributed by atoms with Crippen LogP contribution in [0, 0.1) is 21.4 Å². The summed E-state index contributed by atoms with van der Waals surface area (Å²) >= 11 is 0. The van der Waals surface area contributed by atoms with Crippen LogP contribution < -0.4 is 10.2 Å². The topological polar surface area (TPSA) is 95.1 Å². The SMILES string of the molecule is CCN(c1ccc([N+](=O)[O-])c(C#N)n1)C1CNC1. The predicted molar refractivity (Wildman–Crippen MR) is 65.3 cm³/mol. The highest BCUT2D eigenvalue weighted by Gasteiger charge is 2.26. The zero-order valence-electron chi connectivity index (χ0n) is 9.96. The van der Waals surface area contributed by atoms with Crippen LogP contribution in [-0.4, -0.2) is 35.6 Å². The summed E-state index contributed by atoms with van der Waals surface area (Å²) < 4.78 is 0. The third kappa shape index (κ3) is 2.10. The molecular weight excluding hydrogens is 234 g/mol. The van der Waals surface area contributed by atoms with Crippen LogP contribution in [0.2, 0.25) is 0 Å². The molecule has 1 saturated heterocycles. The lowest BCUT2D eigenvalue weighted by Crippen LogP contribution is -2.57. The van der Waals surface area contributed by atoms with Gasteiger partial charge in [-0.25, -0.2) is 4.98 Å². The number of nitrogens with zero attached hydrogens (tertiary/aromatic N) is 4. The lowest BCUT2D eigenvalue weighted by molar-refractivity contribution is -0.385. The fourth-order valence-electron chi connectivity index (χ4n) is 1.93. The van der Waals surface area contributed by atoms with Crippen molar-refractivity contribution in [1.82, 2.24) is 10.3 Å². The van der Waals surface area contributed by atoms with Crippen LogP contribution in [0.1, 0.15) is 12.6 Å². The number of nitro groups is 1. The van der Waals surface area contributed by atoms with Gasteiger partial charge >= 0.3 is 5.69 Å². The molecule has 0 radical (unpaired) electrons. The minimum atomic E-state index is -0.587. The third-order valence-electron chi connectivity index (χ3n) is 3.00. The second-order valence-electron chi connectivity index (χ2n) is 4.00. The number of anilines is 1. The monoisotopic (exact) mass is 247 g/mol. The minimum absolute atomic E-state index is 0.136. The molecule has 0 atom stereocenters. The molecule has 1 aliphatic heterocycles. The Bertz CT molecular complexity index is 507. The van der Waals surface area contributed by atoms with E-state index in [-0.39, 0.29) is 11.4 Å². The second-order valence-corrected chi connectivity index (χ2v) is 4.00. The van der Waals surface area contributed by atoms with E-state index in [1.165, 1.54) is 6.07 Å². The Balaban J connectivity index is 2.34. The highest BCUT2D eigenvalue weighted by atomic mass is 16.6. The summed E-state index contributed by atoms with van der Waals surface area (Å²) in [6, 6.07) is 5.06. The van der Waals surface area contributed by atoms with Crippen LogP contribution in [0.5, 0.6) is 0 Å². The van der Waals surface area contributed by atoms with Crippen LogP contribution in [0.3, 0.4) is 0 Å². The maximum absolute atomic E-state index is 10.7. The van der Waals surface area contributed by atoms with E-state index in [1.54, 1.807) is 12.1 Å². The standard InChI is InChI=1S/C11H13N5O2/c1-2-15(8-6-13-7-8)11-4-3-10(16(17)18)9(5-12)14-11/h3-4,8,13H,2,6-7H2,1H3. The van der Waals surface area contributed by atoms with Gasteiger partial charge in [0.05, 0.1) is 11.0 Å². The molecule has 1 aromatic heterocycles. The first-order valence-corrected chi connectivity index (χ1v) is 5.70. The van der Waals surface area contributed by atoms with Crippen molar-refractivity contribution in [2.24, 2.45) is 0 Å². The quantitative estimate of drug-likeness (QED) is 0.620. The molecule has 2 heterocycles. The highest BCUT2D eigenvalue weighted by molar-refractivity contribution is 5.52. The first-order chi connectivity index (χ1) is 8.67. The third-order valence-corrected chi connectivity index (χ3v) is 3.00. The van der Waals surface area contributed by atoms with E-state index in [9.17, 15) is 10.1 Å². The second kappa shape index (κ2) is 4.98. The molecule has 18 heavy (non-hydrogen) atoms. The van der Waals surface area contributed by atoms with Crippen LogP contribution in [0.4, 0.5) is 11.5 Å². The van der Waals surface area contributed by atoms with Gasteiger partial charge in [0.25, 0.3) is 0 Å². The summed E-state index contributed by atoms with van der Waals surface area (Å²) in [6.45, 7) is 4.48. The van der Waals surface area contributed by atoms with Gasteiger partial charge in [-0.05, 0) is 13.0 Å². The van der Waals surface area contributed by atoms with Crippen LogP contribution >= 0.6 is 0 Å². The van der Waals surface area contributed by atoms with Crippen molar-refractivity contribution in [3.05, 3.63) is 27.9 Å². The van der Waals surface area contributed by atoms with Gasteiger partial charge in [0.2, 0.25) is 5.69 Å². The van der Waals surface area contributed by atoms with Crippen molar-refractivity contribution in [2.45, 2.75) is 13.0 Å². The molecule has 7 nitrogen and oxygen atoms in total. The Kier molecular flexibility index (Phi) is 3.39. The molecule has 0 spiro atoms. The molecule has 0 bridgehead atoms. The molecule has 94 valence electrons. The number of nitrogens with one attached hydrogen (secondary N) is 1. The maximum Gasteiger partial charge on any atom is 0.305 e. The summed E-state index contributed by atoms with van der Waals surface area (Å²) in [4.78, 5) is 16.3. The molecule has 1 aromatic rings. The maximum atomic E-state index is 10.7. The van der Waals surface area contributed by atoms with Crippen LogP contribution in [-0.2, 0) is 0 Å². The van der Waals surface area contributed by atoms with Gasteiger partial charge in [-0.15, -0.1) is 0 Å². The van der Waals surface area contributed by atoms with Gasteiger partial charge in [0.1, 0.15) is 11.9 Å². The van der Waals surface area contributed by atoms with Crippen molar-refractivity contribution < 1.29 is 4.92 Å². The van der Waals surface area contributed by atoms with E-state index in [2.05, 4.69) is 10.3 Å². The fraction of sp³-hybridized carbons (Fsp3) is 0.455. The van der Waals surface area contributed by atoms with Crippen molar-refractivity contribution >= 4 is 11.5 Å². The first kappa shape index (κ1) is 12.3.